The largest absolute Gasteiger partial charge is 0.324 e. The van der Waals surface area contributed by atoms with Crippen molar-refractivity contribution in [2.75, 3.05) is 10.2 Å². The van der Waals surface area contributed by atoms with Crippen molar-refractivity contribution in [3.63, 3.8) is 0 Å². The number of anilines is 2. The first-order chi connectivity index (χ1) is 15.3. The summed E-state index contributed by atoms with van der Waals surface area (Å²) in [5.74, 6) is -1.35. The number of carbonyl (C=O) groups is 2. The number of rotatable bonds is 5. The summed E-state index contributed by atoms with van der Waals surface area (Å²) in [5, 5.41) is 6.66. The molecule has 2 amide bonds. The molecule has 0 saturated heterocycles. The molecule has 0 unspecified atom stereocenters. The highest BCUT2D eigenvalue weighted by atomic mass is 79.9. The molecule has 9 heteroatoms. The summed E-state index contributed by atoms with van der Waals surface area (Å²) in [5.41, 5.74) is 1.65. The molecule has 4 rings (SSSR count). The maximum atomic E-state index is 13.9. The van der Waals surface area contributed by atoms with Crippen molar-refractivity contribution in [2.45, 2.75) is 32.4 Å². The summed E-state index contributed by atoms with van der Waals surface area (Å²) < 4.78 is 15.5. The van der Waals surface area contributed by atoms with E-state index in [2.05, 4.69) is 26.3 Å². The van der Waals surface area contributed by atoms with E-state index < -0.39 is 17.3 Å². The molecule has 0 saturated carbocycles. The number of carbonyl (C=O) groups excluding carboxylic acids is 2. The van der Waals surface area contributed by atoms with Gasteiger partial charge in [-0.2, -0.15) is 5.10 Å². The number of nitrogens with one attached hydrogen (secondary N) is 1. The van der Waals surface area contributed by atoms with Gasteiger partial charge in [0.05, 0.1) is 12.2 Å². The Labute approximate surface area is 192 Å². The number of aryl methyl sites for hydroxylation is 1. The van der Waals surface area contributed by atoms with Crippen LogP contribution in [0.1, 0.15) is 29.4 Å². The average Bonchev–Trinajstić information content (AvgIpc) is 3.10. The summed E-state index contributed by atoms with van der Waals surface area (Å²) in [6.07, 6.45) is 0.636. The van der Waals surface area contributed by atoms with Crippen LogP contribution in [0.4, 0.5) is 15.8 Å². The molecule has 0 radical (unpaired) electrons. The van der Waals surface area contributed by atoms with Crippen molar-refractivity contribution >= 4 is 39.1 Å². The highest BCUT2D eigenvalue weighted by Gasteiger charge is 2.32. The Balaban J connectivity index is 1.48. The lowest BCUT2D eigenvalue weighted by atomic mass is 10.1. The maximum absolute atomic E-state index is 13.9. The van der Waals surface area contributed by atoms with Gasteiger partial charge in [-0.1, -0.05) is 34.1 Å². The molecule has 164 valence electrons. The van der Waals surface area contributed by atoms with Crippen LogP contribution in [-0.4, -0.2) is 27.6 Å². The standard InChI is InChI=1S/C23H20BrFN4O3/c1-14-12-15-4-2-3-5-20(15)29(14)23(32)19-8-9-22(31)28(27-19)11-10-21(30)26-18-7-6-16(24)13-17(18)25/h2-9,13-14H,10-12H2,1H3,(H,26,30)/t14-/m1/s1. The predicted molar refractivity (Wildman–Crippen MR) is 122 cm³/mol. The van der Waals surface area contributed by atoms with Crippen molar-refractivity contribution in [3.8, 4) is 0 Å². The zero-order valence-corrected chi connectivity index (χ0v) is 18.8. The molecule has 0 aliphatic carbocycles. The van der Waals surface area contributed by atoms with Crippen LogP contribution in [0, 0.1) is 5.82 Å². The smallest absolute Gasteiger partial charge is 0.278 e. The van der Waals surface area contributed by atoms with Crippen LogP contribution in [0.5, 0.6) is 0 Å². The lowest BCUT2D eigenvalue weighted by Crippen LogP contribution is -2.37. The molecular weight excluding hydrogens is 479 g/mol. The van der Waals surface area contributed by atoms with E-state index in [-0.39, 0.29) is 36.3 Å². The molecule has 0 fully saturated rings. The van der Waals surface area contributed by atoms with E-state index in [1.54, 1.807) is 11.0 Å². The Morgan fingerprint density at radius 2 is 1.97 bits per heavy atom. The molecule has 2 heterocycles. The fourth-order valence-corrected chi connectivity index (χ4v) is 4.07. The third kappa shape index (κ3) is 4.47. The van der Waals surface area contributed by atoms with Gasteiger partial charge >= 0.3 is 0 Å². The first-order valence-corrected chi connectivity index (χ1v) is 10.9. The van der Waals surface area contributed by atoms with E-state index in [1.807, 2.05) is 31.2 Å². The Morgan fingerprint density at radius 1 is 1.19 bits per heavy atom. The first-order valence-electron chi connectivity index (χ1n) is 10.1. The molecule has 1 atom stereocenters. The number of nitrogens with zero attached hydrogens (tertiary/aromatic N) is 3. The number of fused-ring (bicyclic) bond motifs is 1. The van der Waals surface area contributed by atoms with Gasteiger partial charge in [0.2, 0.25) is 5.91 Å². The van der Waals surface area contributed by atoms with Crippen molar-refractivity contribution in [3.05, 3.63) is 86.5 Å². The lowest BCUT2D eigenvalue weighted by Gasteiger charge is -2.22. The number of benzene rings is 2. The summed E-state index contributed by atoms with van der Waals surface area (Å²) in [6.45, 7) is 1.91. The quantitative estimate of drug-likeness (QED) is 0.580. The topological polar surface area (TPSA) is 84.3 Å². The van der Waals surface area contributed by atoms with E-state index in [1.165, 1.54) is 24.3 Å². The monoisotopic (exact) mass is 498 g/mol. The van der Waals surface area contributed by atoms with Crippen LogP contribution in [0.25, 0.3) is 0 Å². The Bertz CT molecular complexity index is 1260. The van der Waals surface area contributed by atoms with Crippen molar-refractivity contribution in [2.24, 2.45) is 0 Å². The molecule has 7 nitrogen and oxygen atoms in total. The molecule has 1 aromatic heterocycles. The van der Waals surface area contributed by atoms with Crippen molar-refractivity contribution < 1.29 is 14.0 Å². The van der Waals surface area contributed by atoms with Gasteiger partial charge in [0.1, 0.15) is 11.5 Å². The molecule has 0 bridgehead atoms. The zero-order valence-electron chi connectivity index (χ0n) is 17.2. The second kappa shape index (κ2) is 9.04. The molecule has 3 aromatic rings. The Morgan fingerprint density at radius 3 is 2.75 bits per heavy atom. The molecule has 1 aliphatic heterocycles. The highest BCUT2D eigenvalue weighted by molar-refractivity contribution is 9.10. The second-order valence-electron chi connectivity index (χ2n) is 7.56. The van der Waals surface area contributed by atoms with Gasteiger partial charge in [-0.05, 0) is 49.2 Å². The van der Waals surface area contributed by atoms with E-state index in [0.29, 0.717) is 4.47 Å². The minimum Gasteiger partial charge on any atom is -0.324 e. The number of aromatic nitrogens is 2. The van der Waals surface area contributed by atoms with Crippen LogP contribution in [-0.2, 0) is 17.8 Å². The molecule has 0 spiro atoms. The van der Waals surface area contributed by atoms with E-state index >= 15 is 0 Å². The van der Waals surface area contributed by atoms with Gasteiger partial charge in [-0.3, -0.25) is 14.4 Å². The maximum Gasteiger partial charge on any atom is 0.278 e. The van der Waals surface area contributed by atoms with Crippen LogP contribution in [0.15, 0.2) is 63.9 Å². The van der Waals surface area contributed by atoms with Gasteiger partial charge in [-0.15, -0.1) is 0 Å². The van der Waals surface area contributed by atoms with Gasteiger partial charge < -0.3 is 10.2 Å². The van der Waals surface area contributed by atoms with Gasteiger partial charge in [0.15, 0.2) is 0 Å². The van der Waals surface area contributed by atoms with Crippen LogP contribution in [0.2, 0.25) is 0 Å². The van der Waals surface area contributed by atoms with E-state index in [0.717, 1.165) is 22.4 Å². The number of hydrogen-bond acceptors (Lipinski definition) is 4. The minimum atomic E-state index is -0.573. The van der Waals surface area contributed by atoms with Crippen molar-refractivity contribution in [1.82, 2.24) is 9.78 Å². The fourth-order valence-electron chi connectivity index (χ4n) is 3.73. The normalized spacial score (nSPS) is 14.8. The number of amides is 2. The predicted octanol–water partition coefficient (Wildman–Crippen LogP) is 3.77. The van der Waals surface area contributed by atoms with Crippen LogP contribution < -0.4 is 15.8 Å². The third-order valence-electron chi connectivity index (χ3n) is 5.27. The van der Waals surface area contributed by atoms with Crippen molar-refractivity contribution in [1.29, 1.82) is 0 Å². The molecule has 32 heavy (non-hydrogen) atoms. The van der Waals surface area contributed by atoms with Crippen LogP contribution in [0.3, 0.4) is 0 Å². The third-order valence-corrected chi connectivity index (χ3v) is 5.76. The van der Waals surface area contributed by atoms with Gasteiger partial charge in [0, 0.05) is 28.7 Å². The molecule has 1 aliphatic rings. The van der Waals surface area contributed by atoms with Gasteiger partial charge in [0.25, 0.3) is 11.5 Å². The fraction of sp³-hybridized carbons (Fsp3) is 0.217. The summed E-state index contributed by atoms with van der Waals surface area (Å²) in [6, 6.07) is 14.6. The molecule has 2 aromatic carbocycles. The Hall–Kier alpha value is -3.33. The first kappa shape index (κ1) is 21.9. The number of halogens is 2. The lowest BCUT2D eigenvalue weighted by molar-refractivity contribution is -0.116. The average molecular weight is 499 g/mol. The SMILES string of the molecule is C[C@@H]1Cc2ccccc2N1C(=O)c1ccc(=O)n(CCC(=O)Nc2ccc(Br)cc2F)n1. The number of para-hydroxylation sites is 1. The summed E-state index contributed by atoms with van der Waals surface area (Å²) in [4.78, 5) is 39.3. The molecule has 1 N–H and O–H groups in total. The molecular formula is C23H20BrFN4O3. The highest BCUT2D eigenvalue weighted by Crippen LogP contribution is 2.32. The Kier molecular flexibility index (Phi) is 6.18. The van der Waals surface area contributed by atoms with Gasteiger partial charge in [-0.25, -0.2) is 9.07 Å². The van der Waals surface area contributed by atoms with E-state index in [9.17, 15) is 18.8 Å². The zero-order chi connectivity index (χ0) is 22.8. The van der Waals surface area contributed by atoms with Crippen LogP contribution >= 0.6 is 15.9 Å². The number of hydrogen-bond donors (Lipinski definition) is 1. The second-order valence-corrected chi connectivity index (χ2v) is 8.47. The summed E-state index contributed by atoms with van der Waals surface area (Å²) in [7, 11) is 0. The van der Waals surface area contributed by atoms with E-state index in [4.69, 9.17) is 0 Å². The minimum absolute atomic E-state index is 0.0336. The summed E-state index contributed by atoms with van der Waals surface area (Å²) >= 11 is 3.16.